The Balaban J connectivity index is 2.12. The Morgan fingerprint density at radius 1 is 1.38 bits per heavy atom. The summed E-state index contributed by atoms with van der Waals surface area (Å²) in [5.74, 6) is 0.624. The first-order valence-electron chi connectivity index (χ1n) is 6.74. The van der Waals surface area contributed by atoms with Gasteiger partial charge in [0.05, 0.1) is 17.9 Å². The number of ether oxygens (including phenoxy) is 1. The molecule has 0 saturated heterocycles. The van der Waals surface area contributed by atoms with Gasteiger partial charge in [-0.1, -0.05) is 24.6 Å². The number of nitrogens with one attached hydrogen (secondary N) is 1. The third kappa shape index (κ3) is 4.11. The smallest absolute Gasteiger partial charge is 0.218 e. The minimum absolute atomic E-state index is 0.516. The molecule has 0 atom stereocenters. The molecular formula is C16H16ClN3O. The van der Waals surface area contributed by atoms with E-state index in [0.29, 0.717) is 29.6 Å². The molecule has 0 spiro atoms. The summed E-state index contributed by atoms with van der Waals surface area (Å²) in [6, 6.07) is 11.1. The van der Waals surface area contributed by atoms with Gasteiger partial charge in [0, 0.05) is 23.3 Å². The monoisotopic (exact) mass is 301 g/mol. The predicted octanol–water partition coefficient (Wildman–Crippen LogP) is 4.01. The molecule has 0 saturated carbocycles. The first-order valence-corrected chi connectivity index (χ1v) is 7.12. The van der Waals surface area contributed by atoms with Gasteiger partial charge < -0.3 is 10.1 Å². The highest BCUT2D eigenvalue weighted by atomic mass is 35.5. The zero-order valence-corrected chi connectivity index (χ0v) is 12.5. The lowest BCUT2D eigenvalue weighted by Gasteiger charge is -2.12. The zero-order chi connectivity index (χ0) is 15.1. The summed E-state index contributed by atoms with van der Waals surface area (Å²) in [6.07, 6.45) is 2.64. The Kier molecular flexibility index (Phi) is 5.42. The fourth-order valence-corrected chi connectivity index (χ4v) is 2.01. The largest absolute Gasteiger partial charge is 0.477 e. The standard InChI is InChI=1S/C16H16ClN3O/c1-2-8-21-16-12(4-3-7-19-16)11-20-15-6-5-14(17)9-13(15)10-18/h3-7,9,20H,2,8,11H2,1H3. The zero-order valence-electron chi connectivity index (χ0n) is 11.8. The van der Waals surface area contributed by atoms with Crippen molar-refractivity contribution >= 4 is 17.3 Å². The average Bonchev–Trinajstić information content (AvgIpc) is 2.52. The molecular weight excluding hydrogens is 286 g/mol. The highest BCUT2D eigenvalue weighted by Crippen LogP contribution is 2.22. The van der Waals surface area contributed by atoms with E-state index in [1.807, 2.05) is 19.1 Å². The molecule has 1 aromatic heterocycles. The fourth-order valence-electron chi connectivity index (χ4n) is 1.84. The van der Waals surface area contributed by atoms with Crippen molar-refractivity contribution in [2.75, 3.05) is 11.9 Å². The Morgan fingerprint density at radius 2 is 2.24 bits per heavy atom. The van der Waals surface area contributed by atoms with Gasteiger partial charge in [-0.05, 0) is 30.7 Å². The number of aromatic nitrogens is 1. The van der Waals surface area contributed by atoms with Gasteiger partial charge in [-0.15, -0.1) is 0 Å². The quantitative estimate of drug-likeness (QED) is 0.876. The SMILES string of the molecule is CCCOc1ncccc1CNc1ccc(Cl)cc1C#N. The van der Waals surface area contributed by atoms with Gasteiger partial charge >= 0.3 is 0 Å². The second-order valence-corrected chi connectivity index (χ2v) is 4.91. The molecule has 0 fully saturated rings. The summed E-state index contributed by atoms with van der Waals surface area (Å²) in [7, 11) is 0. The number of hydrogen-bond donors (Lipinski definition) is 1. The summed E-state index contributed by atoms with van der Waals surface area (Å²) in [6.45, 7) is 3.21. The van der Waals surface area contributed by atoms with Crippen LogP contribution in [0.4, 0.5) is 5.69 Å². The Labute approximate surface area is 129 Å². The Bertz CT molecular complexity index is 652. The van der Waals surface area contributed by atoms with Gasteiger partial charge in [-0.2, -0.15) is 5.26 Å². The van der Waals surface area contributed by atoms with Crippen LogP contribution in [0.2, 0.25) is 5.02 Å². The van der Waals surface area contributed by atoms with E-state index < -0.39 is 0 Å². The number of anilines is 1. The molecule has 2 aromatic rings. The highest BCUT2D eigenvalue weighted by molar-refractivity contribution is 6.30. The topological polar surface area (TPSA) is 57.9 Å². The third-order valence-electron chi connectivity index (χ3n) is 2.86. The van der Waals surface area contributed by atoms with Crippen molar-refractivity contribution in [1.82, 2.24) is 4.98 Å². The lowest BCUT2D eigenvalue weighted by atomic mass is 10.2. The number of pyridine rings is 1. The van der Waals surface area contributed by atoms with Crippen LogP contribution in [-0.4, -0.2) is 11.6 Å². The molecule has 21 heavy (non-hydrogen) atoms. The van der Waals surface area contributed by atoms with Crippen molar-refractivity contribution in [3.05, 3.63) is 52.7 Å². The van der Waals surface area contributed by atoms with E-state index in [1.54, 1.807) is 24.4 Å². The summed E-state index contributed by atoms with van der Waals surface area (Å²) in [5, 5.41) is 12.9. The van der Waals surface area contributed by atoms with Crippen molar-refractivity contribution in [2.45, 2.75) is 19.9 Å². The van der Waals surface area contributed by atoms with Gasteiger partial charge in [0.1, 0.15) is 6.07 Å². The molecule has 4 nitrogen and oxygen atoms in total. The summed E-state index contributed by atoms with van der Waals surface area (Å²) in [4.78, 5) is 4.24. The van der Waals surface area contributed by atoms with Gasteiger partial charge in [0.2, 0.25) is 5.88 Å². The molecule has 0 amide bonds. The van der Waals surface area contributed by atoms with E-state index in [9.17, 15) is 0 Å². The molecule has 5 heteroatoms. The molecule has 0 radical (unpaired) electrons. The molecule has 0 aliphatic rings. The summed E-state index contributed by atoms with van der Waals surface area (Å²) < 4.78 is 5.61. The second-order valence-electron chi connectivity index (χ2n) is 4.47. The Morgan fingerprint density at radius 3 is 3.00 bits per heavy atom. The lowest BCUT2D eigenvalue weighted by molar-refractivity contribution is 0.302. The van der Waals surface area contributed by atoms with Gasteiger partial charge in [-0.3, -0.25) is 0 Å². The minimum Gasteiger partial charge on any atom is -0.477 e. The maximum atomic E-state index is 9.13. The maximum absolute atomic E-state index is 9.13. The van der Waals surface area contributed by atoms with Crippen LogP contribution < -0.4 is 10.1 Å². The van der Waals surface area contributed by atoms with Crippen molar-refractivity contribution in [3.63, 3.8) is 0 Å². The molecule has 1 heterocycles. The number of nitriles is 1. The van der Waals surface area contributed by atoms with Crippen LogP contribution in [-0.2, 0) is 6.54 Å². The molecule has 0 bridgehead atoms. The number of benzene rings is 1. The first kappa shape index (κ1) is 15.1. The van der Waals surface area contributed by atoms with E-state index in [1.165, 1.54) is 0 Å². The van der Waals surface area contributed by atoms with E-state index in [0.717, 1.165) is 17.7 Å². The lowest BCUT2D eigenvalue weighted by Crippen LogP contribution is -2.06. The average molecular weight is 302 g/mol. The van der Waals surface area contributed by atoms with Crippen LogP contribution in [0.25, 0.3) is 0 Å². The molecule has 2 rings (SSSR count). The van der Waals surface area contributed by atoms with Crippen LogP contribution in [0, 0.1) is 11.3 Å². The van der Waals surface area contributed by atoms with Crippen LogP contribution in [0.15, 0.2) is 36.5 Å². The van der Waals surface area contributed by atoms with Crippen LogP contribution in [0.5, 0.6) is 5.88 Å². The van der Waals surface area contributed by atoms with Crippen molar-refractivity contribution in [2.24, 2.45) is 0 Å². The fraction of sp³-hybridized carbons (Fsp3) is 0.250. The number of halogens is 1. The number of nitrogens with zero attached hydrogens (tertiary/aromatic N) is 2. The van der Waals surface area contributed by atoms with Crippen molar-refractivity contribution in [1.29, 1.82) is 5.26 Å². The van der Waals surface area contributed by atoms with Gasteiger partial charge in [0.25, 0.3) is 0 Å². The summed E-state index contributed by atoms with van der Waals surface area (Å²) >= 11 is 5.89. The van der Waals surface area contributed by atoms with Crippen molar-refractivity contribution in [3.8, 4) is 11.9 Å². The number of rotatable bonds is 6. The van der Waals surface area contributed by atoms with E-state index in [4.69, 9.17) is 21.6 Å². The molecule has 0 aliphatic carbocycles. The third-order valence-corrected chi connectivity index (χ3v) is 3.10. The Hall–Kier alpha value is -2.25. The van der Waals surface area contributed by atoms with Gasteiger partial charge in [0.15, 0.2) is 0 Å². The molecule has 0 aliphatic heterocycles. The first-order chi connectivity index (χ1) is 10.2. The van der Waals surface area contributed by atoms with E-state index in [2.05, 4.69) is 16.4 Å². The van der Waals surface area contributed by atoms with Crippen LogP contribution >= 0.6 is 11.6 Å². The second kappa shape index (κ2) is 7.51. The number of hydrogen-bond acceptors (Lipinski definition) is 4. The van der Waals surface area contributed by atoms with E-state index >= 15 is 0 Å². The normalized spacial score (nSPS) is 9.95. The molecule has 1 N–H and O–H groups in total. The highest BCUT2D eigenvalue weighted by Gasteiger charge is 2.07. The van der Waals surface area contributed by atoms with E-state index in [-0.39, 0.29) is 0 Å². The van der Waals surface area contributed by atoms with Gasteiger partial charge in [-0.25, -0.2) is 4.98 Å². The van der Waals surface area contributed by atoms with Crippen LogP contribution in [0.1, 0.15) is 24.5 Å². The molecule has 108 valence electrons. The molecule has 0 unspecified atom stereocenters. The predicted molar refractivity (Wildman–Crippen MR) is 83.5 cm³/mol. The molecule has 1 aromatic carbocycles. The van der Waals surface area contributed by atoms with Crippen LogP contribution in [0.3, 0.4) is 0 Å². The summed E-state index contributed by atoms with van der Waals surface area (Å²) in [5.41, 5.74) is 2.21. The minimum atomic E-state index is 0.516. The maximum Gasteiger partial charge on any atom is 0.218 e. The van der Waals surface area contributed by atoms with Crippen molar-refractivity contribution < 1.29 is 4.74 Å².